The van der Waals surface area contributed by atoms with Gasteiger partial charge in [-0.3, -0.25) is 14.4 Å². The smallest absolute Gasteiger partial charge is 0.372 e. The lowest BCUT2D eigenvalue weighted by Gasteiger charge is -2.06. The first kappa shape index (κ1) is 18.2. The van der Waals surface area contributed by atoms with Gasteiger partial charge in [0.25, 0.3) is 0 Å². The molecule has 0 bridgehead atoms. The molecule has 27 heavy (non-hydrogen) atoms. The average molecular weight is 367 g/mol. The topological polar surface area (TPSA) is 104 Å². The Morgan fingerprint density at radius 2 is 1.78 bits per heavy atom. The van der Waals surface area contributed by atoms with E-state index in [9.17, 15) is 23.6 Å². The highest BCUT2D eigenvalue weighted by atomic mass is 19.1. The van der Waals surface area contributed by atoms with Crippen LogP contribution in [-0.2, 0) is 16.0 Å². The fourth-order valence-corrected chi connectivity index (χ4v) is 2.78. The number of hydrogen-bond donors (Lipinski definition) is 2. The predicted octanol–water partition coefficient (Wildman–Crippen LogP) is 2.48. The molecule has 6 nitrogen and oxygen atoms in total. The van der Waals surface area contributed by atoms with Gasteiger partial charge in [0.15, 0.2) is 11.2 Å². The van der Waals surface area contributed by atoms with Crippen molar-refractivity contribution in [3.8, 4) is 0 Å². The number of rotatable bonds is 6. The van der Waals surface area contributed by atoms with E-state index in [2.05, 4.69) is 4.98 Å². The van der Waals surface area contributed by atoms with Crippen LogP contribution in [0.25, 0.3) is 10.9 Å². The molecule has 2 N–H and O–H groups in total. The van der Waals surface area contributed by atoms with Crippen molar-refractivity contribution in [2.45, 2.75) is 12.8 Å². The van der Waals surface area contributed by atoms with Crippen LogP contribution in [0.3, 0.4) is 0 Å². The molecular formula is C20H14FNO5. The average Bonchev–Trinajstić information content (AvgIpc) is 2.62. The van der Waals surface area contributed by atoms with Crippen molar-refractivity contribution in [2.75, 3.05) is 0 Å². The molecule has 3 rings (SSSR count). The minimum atomic E-state index is -1.72. The van der Waals surface area contributed by atoms with E-state index in [0.717, 1.165) is 11.1 Å². The summed E-state index contributed by atoms with van der Waals surface area (Å²) in [5.41, 5.74) is 1.09. The normalized spacial score (nSPS) is 10.7. The Balaban J connectivity index is 1.96. The number of carbonyl (C=O) groups excluding carboxylic acids is 2. The van der Waals surface area contributed by atoms with Gasteiger partial charge in [-0.25, -0.2) is 9.18 Å². The Morgan fingerprint density at radius 1 is 1.04 bits per heavy atom. The summed E-state index contributed by atoms with van der Waals surface area (Å²) in [6.45, 7) is 0. The van der Waals surface area contributed by atoms with E-state index in [-0.39, 0.29) is 16.8 Å². The zero-order valence-electron chi connectivity index (χ0n) is 14.0. The van der Waals surface area contributed by atoms with Gasteiger partial charge in [0.2, 0.25) is 5.78 Å². The van der Waals surface area contributed by atoms with Crippen LogP contribution in [0.2, 0.25) is 0 Å². The summed E-state index contributed by atoms with van der Waals surface area (Å²) in [6, 6.07) is 11.1. The molecule has 136 valence electrons. The summed E-state index contributed by atoms with van der Waals surface area (Å²) in [6.07, 6.45) is 0.685. The van der Waals surface area contributed by atoms with Crippen LogP contribution >= 0.6 is 0 Å². The van der Waals surface area contributed by atoms with E-state index in [4.69, 9.17) is 5.11 Å². The maximum atomic E-state index is 13.3. The number of fused-ring (bicyclic) bond motifs is 1. The number of aromatic nitrogens is 1. The number of carboxylic acid groups (broad SMARTS) is 1. The molecule has 0 saturated heterocycles. The summed E-state index contributed by atoms with van der Waals surface area (Å²) < 4.78 is 13.3. The number of H-pyrrole nitrogens is 1. The third-order valence-electron chi connectivity index (χ3n) is 4.10. The van der Waals surface area contributed by atoms with Gasteiger partial charge < -0.3 is 10.1 Å². The standard InChI is InChI=1S/C20H14FNO5/c21-13-3-1-2-11(7-13)6-12-4-5-16-14(8-12)19(25)15(10-22-16)17(23)9-18(24)20(26)27/h1-5,7-8,10H,6,9H2,(H,22,25)(H,26,27). The fraction of sp³-hybridized carbons (Fsp3) is 0.100. The fourth-order valence-electron chi connectivity index (χ4n) is 2.78. The van der Waals surface area contributed by atoms with Crippen molar-refractivity contribution in [1.82, 2.24) is 4.98 Å². The number of carboxylic acids is 1. The molecule has 0 spiro atoms. The van der Waals surface area contributed by atoms with Crippen LogP contribution < -0.4 is 5.43 Å². The van der Waals surface area contributed by atoms with Gasteiger partial charge in [0.05, 0.1) is 12.0 Å². The molecule has 0 saturated carbocycles. The van der Waals surface area contributed by atoms with Crippen molar-refractivity contribution >= 4 is 28.4 Å². The molecule has 0 aliphatic rings. The minimum absolute atomic E-state index is 0.234. The van der Waals surface area contributed by atoms with Crippen LogP contribution in [0.4, 0.5) is 4.39 Å². The lowest BCUT2D eigenvalue weighted by atomic mass is 10.0. The lowest BCUT2D eigenvalue weighted by Crippen LogP contribution is -2.22. The highest BCUT2D eigenvalue weighted by Crippen LogP contribution is 2.16. The van der Waals surface area contributed by atoms with Gasteiger partial charge in [-0.1, -0.05) is 18.2 Å². The van der Waals surface area contributed by atoms with Crippen molar-refractivity contribution in [1.29, 1.82) is 0 Å². The number of aromatic amines is 1. The van der Waals surface area contributed by atoms with Crippen LogP contribution in [-0.4, -0.2) is 27.6 Å². The molecule has 1 heterocycles. The molecule has 0 atom stereocenters. The maximum Gasteiger partial charge on any atom is 0.372 e. The molecule has 7 heteroatoms. The second kappa shape index (κ2) is 7.33. The molecule has 1 aromatic heterocycles. The van der Waals surface area contributed by atoms with E-state index < -0.39 is 29.4 Å². The summed E-state index contributed by atoms with van der Waals surface area (Å²) in [7, 11) is 0. The SMILES string of the molecule is O=C(O)C(=O)CC(=O)c1c[nH]c2ccc(Cc3cccc(F)c3)cc2c1=O. The second-order valence-corrected chi connectivity index (χ2v) is 6.05. The van der Waals surface area contributed by atoms with Crippen LogP contribution in [0.5, 0.6) is 0 Å². The van der Waals surface area contributed by atoms with E-state index >= 15 is 0 Å². The van der Waals surface area contributed by atoms with Crippen LogP contribution in [0, 0.1) is 5.82 Å². The number of nitrogens with one attached hydrogen (secondary N) is 1. The van der Waals surface area contributed by atoms with Gasteiger partial charge in [0, 0.05) is 17.1 Å². The molecule has 0 radical (unpaired) electrons. The minimum Gasteiger partial charge on any atom is -0.475 e. The molecular weight excluding hydrogens is 353 g/mol. The van der Waals surface area contributed by atoms with Crippen molar-refractivity contribution in [2.24, 2.45) is 0 Å². The summed E-state index contributed by atoms with van der Waals surface area (Å²) in [4.78, 5) is 49.3. The number of halogens is 1. The van der Waals surface area contributed by atoms with Gasteiger partial charge in [-0.2, -0.15) is 0 Å². The molecule has 0 unspecified atom stereocenters. The van der Waals surface area contributed by atoms with Crippen molar-refractivity contribution in [3.63, 3.8) is 0 Å². The number of ketones is 2. The first-order chi connectivity index (χ1) is 12.8. The Bertz CT molecular complexity index is 1130. The summed E-state index contributed by atoms with van der Waals surface area (Å²) in [5, 5.41) is 8.83. The van der Waals surface area contributed by atoms with Crippen molar-refractivity contribution < 1.29 is 23.9 Å². The molecule has 2 aromatic carbocycles. The number of aliphatic carboxylic acids is 1. The van der Waals surface area contributed by atoms with E-state index in [1.165, 1.54) is 18.3 Å². The van der Waals surface area contributed by atoms with Gasteiger partial charge >= 0.3 is 5.97 Å². The van der Waals surface area contributed by atoms with E-state index in [0.29, 0.717) is 11.9 Å². The molecule has 0 aliphatic carbocycles. The lowest BCUT2D eigenvalue weighted by molar-refractivity contribution is -0.148. The molecule has 0 aliphatic heterocycles. The number of benzene rings is 2. The predicted molar refractivity (Wildman–Crippen MR) is 95.4 cm³/mol. The largest absolute Gasteiger partial charge is 0.475 e. The summed E-state index contributed by atoms with van der Waals surface area (Å²) in [5.74, 6) is -4.22. The second-order valence-electron chi connectivity index (χ2n) is 6.05. The number of carbonyl (C=O) groups is 3. The molecule has 0 fully saturated rings. The third-order valence-corrected chi connectivity index (χ3v) is 4.10. The van der Waals surface area contributed by atoms with E-state index in [1.54, 1.807) is 30.3 Å². The zero-order valence-corrected chi connectivity index (χ0v) is 14.0. The highest BCUT2D eigenvalue weighted by molar-refractivity contribution is 6.37. The Morgan fingerprint density at radius 3 is 2.48 bits per heavy atom. The Labute approximate surface area is 152 Å². The van der Waals surface area contributed by atoms with Gasteiger partial charge in [0.1, 0.15) is 5.82 Å². The Hall–Kier alpha value is -3.61. The monoisotopic (exact) mass is 367 g/mol. The van der Waals surface area contributed by atoms with Gasteiger partial charge in [-0.05, 0) is 41.8 Å². The summed E-state index contributed by atoms with van der Waals surface area (Å²) >= 11 is 0. The highest BCUT2D eigenvalue weighted by Gasteiger charge is 2.20. The number of hydrogen-bond acceptors (Lipinski definition) is 4. The zero-order chi connectivity index (χ0) is 19.6. The molecule has 0 amide bonds. The third kappa shape index (κ3) is 3.98. The first-order valence-corrected chi connectivity index (χ1v) is 8.03. The van der Waals surface area contributed by atoms with E-state index in [1.807, 2.05) is 0 Å². The van der Waals surface area contributed by atoms with Crippen LogP contribution in [0.15, 0.2) is 53.5 Å². The van der Waals surface area contributed by atoms with Crippen molar-refractivity contribution in [3.05, 3.63) is 81.4 Å². The first-order valence-electron chi connectivity index (χ1n) is 8.03. The number of Topliss-reactive ketones (excluding diaryl/α,β-unsaturated/α-hetero) is 2. The van der Waals surface area contributed by atoms with Gasteiger partial charge in [-0.15, -0.1) is 0 Å². The Kier molecular flexibility index (Phi) is 4.94. The number of pyridine rings is 1. The maximum absolute atomic E-state index is 13.3. The quantitative estimate of drug-likeness (QED) is 0.396. The van der Waals surface area contributed by atoms with Crippen LogP contribution in [0.1, 0.15) is 27.9 Å². The molecule has 3 aromatic rings.